The van der Waals surface area contributed by atoms with Crippen LogP contribution in [0, 0.1) is 0 Å². The number of fused-ring (bicyclic) bond motifs is 1. The summed E-state index contributed by atoms with van der Waals surface area (Å²) in [7, 11) is -0.345. The van der Waals surface area contributed by atoms with Crippen molar-refractivity contribution in [2.24, 2.45) is 12.8 Å². The van der Waals surface area contributed by atoms with Gasteiger partial charge < -0.3 is 36.3 Å². The van der Waals surface area contributed by atoms with Crippen LogP contribution in [0.5, 0.6) is 5.75 Å². The number of amides is 2. The number of nitrogens with one attached hydrogen (secondary N) is 5. The zero-order chi connectivity index (χ0) is 31.1. The largest absolute Gasteiger partial charge is 0.492 e. The van der Waals surface area contributed by atoms with Crippen LogP contribution in [0.2, 0.25) is 0 Å². The molecule has 0 aliphatic carbocycles. The maximum atomic E-state index is 13.6. The Morgan fingerprint density at radius 1 is 1.02 bits per heavy atom. The fraction of sp³-hybridized carbons (Fsp3) is 0.448. The van der Waals surface area contributed by atoms with Gasteiger partial charge in [-0.3, -0.25) is 14.3 Å². The van der Waals surface area contributed by atoms with Gasteiger partial charge in [-0.25, -0.2) is 8.42 Å². The van der Waals surface area contributed by atoms with Gasteiger partial charge in [0.15, 0.2) is 5.75 Å². The number of anilines is 2. The van der Waals surface area contributed by atoms with Crippen molar-refractivity contribution < 1.29 is 22.7 Å². The summed E-state index contributed by atoms with van der Waals surface area (Å²) in [6.07, 6.45) is 1.06. The van der Waals surface area contributed by atoms with Crippen LogP contribution in [0.1, 0.15) is 42.4 Å². The van der Waals surface area contributed by atoms with Crippen LogP contribution >= 0.6 is 0 Å². The number of sulfonamides is 1. The number of methoxy groups -OCH3 is 1. The van der Waals surface area contributed by atoms with Crippen LogP contribution in [0.25, 0.3) is 10.9 Å². The molecule has 0 aliphatic rings. The third-order valence-electron chi connectivity index (χ3n) is 6.62. The molecule has 13 heteroatoms. The number of benzene rings is 2. The van der Waals surface area contributed by atoms with Crippen molar-refractivity contribution in [1.82, 2.24) is 20.5 Å². The molecule has 0 saturated carbocycles. The summed E-state index contributed by atoms with van der Waals surface area (Å²) in [6, 6.07) is 11.2. The smallest absolute Gasteiger partial charge is 0.272 e. The second-order valence-electron chi connectivity index (χ2n) is 11.1. The molecule has 3 rings (SSSR count). The number of rotatable bonds is 14. The third-order valence-corrected chi connectivity index (χ3v) is 7.21. The topological polar surface area (TPSA) is 169 Å². The van der Waals surface area contributed by atoms with Gasteiger partial charge in [-0.1, -0.05) is 39.0 Å². The fourth-order valence-corrected chi connectivity index (χ4v) is 5.13. The lowest BCUT2D eigenvalue weighted by Gasteiger charge is -2.24. The molecular weight excluding hydrogens is 558 g/mol. The Morgan fingerprint density at radius 3 is 2.38 bits per heavy atom. The Kier molecular flexibility index (Phi) is 11.0. The van der Waals surface area contributed by atoms with Crippen molar-refractivity contribution in [3.05, 3.63) is 53.2 Å². The average Bonchev–Trinajstić information content (AvgIpc) is 3.24. The summed E-state index contributed by atoms with van der Waals surface area (Å²) in [5.74, 6) is -0.241. The first kappa shape index (κ1) is 32.9. The summed E-state index contributed by atoms with van der Waals surface area (Å²) in [5, 5.41) is 13.0. The van der Waals surface area contributed by atoms with Crippen LogP contribution in [0.15, 0.2) is 36.4 Å². The van der Waals surface area contributed by atoms with Crippen molar-refractivity contribution in [2.45, 2.75) is 32.7 Å². The highest BCUT2D eigenvalue weighted by atomic mass is 32.2. The number of hydrogen-bond donors (Lipinski definition) is 6. The van der Waals surface area contributed by atoms with E-state index in [0.717, 1.165) is 28.3 Å². The van der Waals surface area contributed by atoms with Crippen molar-refractivity contribution in [2.75, 3.05) is 56.1 Å². The molecule has 7 N–H and O–H groups in total. The molecule has 0 unspecified atom stereocenters. The molecule has 0 spiro atoms. The van der Waals surface area contributed by atoms with Gasteiger partial charge in [-0.05, 0) is 34.7 Å². The molecule has 1 aromatic heterocycles. The Balaban J connectivity index is 1.81. The number of carbonyl (C=O) groups is 2. The minimum absolute atomic E-state index is 0.0886. The van der Waals surface area contributed by atoms with Crippen LogP contribution in [-0.2, 0) is 33.8 Å². The van der Waals surface area contributed by atoms with Gasteiger partial charge in [-0.15, -0.1) is 0 Å². The van der Waals surface area contributed by atoms with E-state index in [4.69, 9.17) is 10.5 Å². The zero-order valence-corrected chi connectivity index (χ0v) is 26.0. The average molecular weight is 602 g/mol. The van der Waals surface area contributed by atoms with Crippen molar-refractivity contribution >= 4 is 44.1 Å². The molecule has 0 bridgehead atoms. The van der Waals surface area contributed by atoms with E-state index in [2.05, 4.69) is 26.0 Å². The molecule has 0 aliphatic heterocycles. The second-order valence-corrected chi connectivity index (χ2v) is 12.9. The molecule has 2 amide bonds. The van der Waals surface area contributed by atoms with E-state index in [1.54, 1.807) is 12.1 Å². The van der Waals surface area contributed by atoms with Gasteiger partial charge >= 0.3 is 0 Å². The van der Waals surface area contributed by atoms with E-state index >= 15 is 0 Å². The fourth-order valence-electron chi connectivity index (χ4n) is 4.58. The molecule has 3 aromatic rings. The number of nitrogens with two attached hydrogens (primary N) is 1. The van der Waals surface area contributed by atoms with Gasteiger partial charge in [0.25, 0.3) is 5.91 Å². The summed E-state index contributed by atoms with van der Waals surface area (Å²) in [6.45, 7) is 8.88. The van der Waals surface area contributed by atoms with Crippen LogP contribution in [0.4, 0.5) is 11.4 Å². The number of ether oxygens (including phenoxy) is 1. The summed E-state index contributed by atoms with van der Waals surface area (Å²) in [5.41, 5.74) is 8.83. The summed E-state index contributed by atoms with van der Waals surface area (Å²) < 4.78 is 34.0. The highest BCUT2D eigenvalue weighted by Gasteiger charge is 2.23. The predicted molar refractivity (Wildman–Crippen MR) is 168 cm³/mol. The Bertz CT molecular complexity index is 1530. The standard InChI is InChI=1S/C29H43N7O5S/c1-29(2,3)21-15-22(27(41-5)23(16-21)35-42(6,39)40)34-28(38)24-14-19-8-7-9-20(26(19)36(24)4)17-32-12-13-33-25(37)18-31-11-10-30/h7-9,14-16,31-32,35H,10-13,17-18,30H2,1-6H3,(H,33,37)(H,34,38). The second kappa shape index (κ2) is 14.0. The molecule has 1 heterocycles. The number of para-hydroxylation sites is 1. The van der Waals surface area contributed by atoms with Gasteiger partial charge in [0.1, 0.15) is 5.69 Å². The molecule has 0 saturated heterocycles. The minimum atomic E-state index is -3.60. The first-order valence-corrected chi connectivity index (χ1v) is 15.6. The number of nitrogens with zero attached hydrogens (tertiary/aromatic N) is 1. The lowest BCUT2D eigenvalue weighted by atomic mass is 9.86. The first-order chi connectivity index (χ1) is 19.7. The van der Waals surface area contributed by atoms with Gasteiger partial charge in [0.2, 0.25) is 15.9 Å². The number of carbonyl (C=O) groups excluding carboxylic acids is 2. The lowest BCUT2D eigenvalue weighted by molar-refractivity contribution is -0.120. The maximum absolute atomic E-state index is 13.6. The van der Waals surface area contributed by atoms with Crippen LogP contribution in [0.3, 0.4) is 0 Å². The Hall–Kier alpha value is -3.65. The molecule has 2 aromatic carbocycles. The van der Waals surface area contributed by atoms with Gasteiger partial charge in [-0.2, -0.15) is 0 Å². The summed E-state index contributed by atoms with van der Waals surface area (Å²) in [4.78, 5) is 25.4. The highest BCUT2D eigenvalue weighted by Crippen LogP contribution is 2.39. The molecule has 0 fully saturated rings. The van der Waals surface area contributed by atoms with E-state index < -0.39 is 10.0 Å². The highest BCUT2D eigenvalue weighted by molar-refractivity contribution is 7.92. The Morgan fingerprint density at radius 2 is 1.74 bits per heavy atom. The molecule has 12 nitrogen and oxygen atoms in total. The van der Waals surface area contributed by atoms with Crippen molar-refractivity contribution in [1.29, 1.82) is 0 Å². The quantitative estimate of drug-likeness (QED) is 0.152. The number of hydrogen-bond acceptors (Lipinski definition) is 8. The summed E-state index contributed by atoms with van der Waals surface area (Å²) >= 11 is 0. The van der Waals surface area contributed by atoms with Gasteiger partial charge in [0.05, 0.1) is 36.8 Å². The third kappa shape index (κ3) is 8.68. The molecule has 230 valence electrons. The van der Waals surface area contributed by atoms with Crippen LogP contribution in [-0.4, -0.2) is 70.9 Å². The molecule has 0 atom stereocenters. The molecular formula is C29H43N7O5S. The molecule has 0 radical (unpaired) electrons. The maximum Gasteiger partial charge on any atom is 0.272 e. The van der Waals surface area contributed by atoms with Crippen LogP contribution < -0.4 is 36.5 Å². The SMILES string of the molecule is COc1c(NC(=O)c2cc3cccc(CNCCNC(=O)CNCCN)c3n2C)cc(C(C)(C)C)cc1NS(C)(=O)=O. The van der Waals surface area contributed by atoms with E-state index in [9.17, 15) is 18.0 Å². The number of aromatic nitrogens is 1. The van der Waals surface area contributed by atoms with Crippen molar-refractivity contribution in [3.8, 4) is 5.75 Å². The molecule has 42 heavy (non-hydrogen) atoms. The minimum Gasteiger partial charge on any atom is -0.492 e. The van der Waals surface area contributed by atoms with E-state index in [0.29, 0.717) is 44.1 Å². The zero-order valence-electron chi connectivity index (χ0n) is 25.2. The first-order valence-electron chi connectivity index (χ1n) is 13.7. The lowest BCUT2D eigenvalue weighted by Crippen LogP contribution is -2.38. The van der Waals surface area contributed by atoms with E-state index in [-0.39, 0.29) is 35.2 Å². The van der Waals surface area contributed by atoms with Gasteiger partial charge in [0, 0.05) is 45.2 Å². The van der Waals surface area contributed by atoms with E-state index in [1.165, 1.54) is 7.11 Å². The predicted octanol–water partition coefficient (Wildman–Crippen LogP) is 1.86. The van der Waals surface area contributed by atoms with E-state index in [1.807, 2.05) is 56.7 Å². The van der Waals surface area contributed by atoms with Crippen molar-refractivity contribution in [3.63, 3.8) is 0 Å². The number of aryl methyl sites for hydroxylation is 1. The Labute approximate surface area is 247 Å². The monoisotopic (exact) mass is 601 g/mol. The normalized spacial score (nSPS) is 11.9.